The van der Waals surface area contributed by atoms with Crippen LogP contribution in [0.2, 0.25) is 5.04 Å². The summed E-state index contributed by atoms with van der Waals surface area (Å²) in [6, 6.07) is 36.5. The Morgan fingerprint density at radius 2 is 1.45 bits per heavy atom. The number of carbonyl (C=O) groups is 1. The molecule has 0 saturated heterocycles. The van der Waals surface area contributed by atoms with E-state index in [-0.39, 0.29) is 24.3 Å². The summed E-state index contributed by atoms with van der Waals surface area (Å²) in [7, 11) is -5.51. The number of aromatic nitrogens is 1. The van der Waals surface area contributed by atoms with Gasteiger partial charge in [0.1, 0.15) is 5.82 Å². The lowest BCUT2D eigenvalue weighted by atomic mass is 9.90. The molecule has 1 unspecified atom stereocenters. The highest BCUT2D eigenvalue weighted by Gasteiger charge is 2.52. The Labute approximate surface area is 314 Å². The Hall–Kier alpha value is -4.46. The van der Waals surface area contributed by atoms with Crippen molar-refractivity contribution in [3.8, 4) is 22.4 Å². The van der Waals surface area contributed by atoms with Gasteiger partial charge in [0.15, 0.2) is 0 Å². The van der Waals surface area contributed by atoms with Crippen molar-refractivity contribution in [1.82, 2.24) is 4.98 Å². The van der Waals surface area contributed by atoms with Crippen LogP contribution in [-0.4, -0.2) is 43.8 Å². The number of benzene rings is 4. The summed E-state index contributed by atoms with van der Waals surface area (Å²) in [5.41, 5.74) is 5.58. The molecule has 4 aromatic carbocycles. The highest BCUT2D eigenvalue weighted by molar-refractivity contribution is 7.62. The molecule has 0 spiro atoms. The van der Waals surface area contributed by atoms with E-state index < -0.39 is 32.8 Å². The highest BCUT2D eigenvalue weighted by atomic mass is 31.2. The molecule has 9 heteroatoms. The van der Waals surface area contributed by atoms with E-state index in [4.69, 9.17) is 13.9 Å². The van der Waals surface area contributed by atoms with E-state index in [1.54, 1.807) is 18.0 Å². The molecule has 0 amide bonds. The zero-order chi connectivity index (χ0) is 38.4. The van der Waals surface area contributed by atoms with Crippen LogP contribution in [0.25, 0.3) is 28.5 Å². The molecule has 0 aliphatic carbocycles. The molecule has 5 aromatic rings. The van der Waals surface area contributed by atoms with Gasteiger partial charge in [-0.05, 0) is 69.2 Å². The number of hydrogen-bond acceptors (Lipinski definition) is 5. The number of hydrogen-bond donors (Lipinski definition) is 1. The first kappa shape index (κ1) is 39.7. The second-order valence-electron chi connectivity index (χ2n) is 14.7. The van der Waals surface area contributed by atoms with E-state index >= 15 is 0 Å². The van der Waals surface area contributed by atoms with Gasteiger partial charge < -0.3 is 14.1 Å². The molecule has 0 aliphatic heterocycles. The summed E-state index contributed by atoms with van der Waals surface area (Å²) < 4.78 is 42.2. The minimum Gasteiger partial charge on any atom is -0.481 e. The predicted molar refractivity (Wildman–Crippen MR) is 217 cm³/mol. The molecule has 53 heavy (non-hydrogen) atoms. The second kappa shape index (κ2) is 16.7. The van der Waals surface area contributed by atoms with Gasteiger partial charge in [-0.25, -0.2) is 4.39 Å². The maximum absolute atomic E-state index is 14.8. The molecule has 0 fully saturated rings. The van der Waals surface area contributed by atoms with Crippen molar-refractivity contribution >= 4 is 38.1 Å². The second-order valence-corrected chi connectivity index (χ2v) is 21.5. The molecule has 1 N–H and O–H groups in total. The van der Waals surface area contributed by atoms with E-state index in [0.717, 1.165) is 49.6 Å². The third-order valence-corrected chi connectivity index (χ3v) is 16.8. The summed E-state index contributed by atoms with van der Waals surface area (Å²) in [5.74, 6) is 0.137. The summed E-state index contributed by atoms with van der Waals surface area (Å²) in [4.78, 5) is 17.5. The Kier molecular flexibility index (Phi) is 12.5. The summed E-state index contributed by atoms with van der Waals surface area (Å²) in [6.07, 6.45) is 0.307. The van der Waals surface area contributed by atoms with Crippen molar-refractivity contribution in [2.45, 2.75) is 65.0 Å². The number of halogens is 1. The molecule has 1 heterocycles. The first-order valence-corrected chi connectivity index (χ1v) is 21.7. The van der Waals surface area contributed by atoms with Crippen molar-refractivity contribution in [2.75, 3.05) is 13.3 Å². The fraction of sp³-hybridized carbons (Fsp3) is 0.273. The van der Waals surface area contributed by atoms with Crippen molar-refractivity contribution in [3.05, 3.63) is 144 Å². The summed E-state index contributed by atoms with van der Waals surface area (Å²) >= 11 is 0. The first-order valence-electron chi connectivity index (χ1n) is 17.9. The van der Waals surface area contributed by atoms with Crippen LogP contribution in [-0.2, 0) is 18.3 Å². The fourth-order valence-electron chi connectivity index (χ4n) is 7.05. The zero-order valence-electron chi connectivity index (χ0n) is 31.5. The van der Waals surface area contributed by atoms with E-state index in [0.29, 0.717) is 0 Å². The third kappa shape index (κ3) is 9.02. The minimum atomic E-state index is -3.69. The monoisotopic (exact) mass is 749 g/mol. The van der Waals surface area contributed by atoms with Crippen LogP contribution < -0.4 is 10.4 Å². The van der Waals surface area contributed by atoms with Crippen LogP contribution in [0.15, 0.2) is 121 Å². The number of aliphatic carboxylic acids is 1. The minimum absolute atomic E-state index is 0.0296. The predicted octanol–water partition coefficient (Wildman–Crippen LogP) is 10.3. The van der Waals surface area contributed by atoms with Crippen LogP contribution in [0.1, 0.15) is 63.8 Å². The van der Waals surface area contributed by atoms with Crippen molar-refractivity contribution < 1.29 is 27.8 Å². The van der Waals surface area contributed by atoms with Crippen molar-refractivity contribution in [3.63, 3.8) is 0 Å². The van der Waals surface area contributed by atoms with Gasteiger partial charge in [-0.1, -0.05) is 132 Å². The number of pyridine rings is 1. The normalized spacial score (nSPS) is 14.0. The number of carboxylic acid groups (broad SMARTS) is 1. The van der Waals surface area contributed by atoms with Gasteiger partial charge in [0.2, 0.25) is 7.37 Å². The smallest absolute Gasteiger partial charge is 0.305 e. The van der Waals surface area contributed by atoms with Gasteiger partial charge in [0.05, 0.1) is 30.1 Å². The lowest BCUT2D eigenvalue weighted by molar-refractivity contribution is -0.138. The summed E-state index contributed by atoms with van der Waals surface area (Å²) in [5, 5.41) is 11.7. The van der Waals surface area contributed by atoms with Gasteiger partial charge in [-0.3, -0.25) is 14.3 Å². The molecule has 1 aromatic heterocycles. The largest absolute Gasteiger partial charge is 0.481 e. The van der Waals surface area contributed by atoms with E-state index in [2.05, 4.69) is 20.8 Å². The standard InChI is InChI=1S/C44H49FNO5PSi/c1-31(2)43-39(40(38-24-23-34(45)27-32(38)3)29-41(46-43)33-17-11-8-12-18-33)25-26-52(49,50-7)30-35(28-42(47)48)51-53(44(4,5)6,36-19-13-9-14-20-36)37-21-15-10-16-22-37/h8-27,29,31,35H,28,30H2,1-7H3,(H,47,48)/b26-25+/t35-,52?/m0/s1. The molecule has 2 atom stereocenters. The van der Waals surface area contributed by atoms with Crippen molar-refractivity contribution in [2.24, 2.45) is 0 Å². The quantitative estimate of drug-likeness (QED) is 0.0899. The highest BCUT2D eigenvalue weighted by Crippen LogP contribution is 2.51. The maximum Gasteiger partial charge on any atom is 0.305 e. The van der Waals surface area contributed by atoms with E-state index in [1.165, 1.54) is 19.2 Å². The first-order chi connectivity index (χ1) is 25.2. The van der Waals surface area contributed by atoms with Crippen LogP contribution in [0.4, 0.5) is 4.39 Å². The van der Waals surface area contributed by atoms with E-state index in [1.807, 2.05) is 118 Å². The third-order valence-electron chi connectivity index (χ3n) is 9.58. The van der Waals surface area contributed by atoms with Crippen LogP contribution in [0.3, 0.4) is 0 Å². The fourth-order valence-corrected chi connectivity index (χ4v) is 13.4. The topological polar surface area (TPSA) is 85.7 Å². The zero-order valence-corrected chi connectivity index (χ0v) is 33.4. The molecule has 0 saturated carbocycles. The molecule has 0 radical (unpaired) electrons. The molecule has 0 aliphatic rings. The van der Waals surface area contributed by atoms with Gasteiger partial charge in [0.25, 0.3) is 8.32 Å². The molecular formula is C44H49FNO5PSi. The van der Waals surface area contributed by atoms with Gasteiger partial charge in [-0.2, -0.15) is 0 Å². The van der Waals surface area contributed by atoms with Gasteiger partial charge in [0, 0.05) is 24.1 Å². The molecule has 0 bridgehead atoms. The lowest BCUT2D eigenvalue weighted by Crippen LogP contribution is -2.68. The van der Waals surface area contributed by atoms with Crippen molar-refractivity contribution in [1.29, 1.82) is 0 Å². The molecule has 276 valence electrons. The molecule has 6 nitrogen and oxygen atoms in total. The Bertz CT molecular complexity index is 2060. The average molecular weight is 750 g/mol. The maximum atomic E-state index is 14.8. The Morgan fingerprint density at radius 1 is 0.887 bits per heavy atom. The lowest BCUT2D eigenvalue weighted by Gasteiger charge is -2.45. The van der Waals surface area contributed by atoms with Crippen LogP contribution >= 0.6 is 7.37 Å². The Balaban J connectivity index is 1.65. The number of aryl methyl sites for hydroxylation is 1. The van der Waals surface area contributed by atoms with Crippen LogP contribution in [0, 0.1) is 12.7 Å². The number of carboxylic acids is 1. The SMILES string of the molecule is COP(=O)(/C=C/c1c(-c2ccc(F)cc2C)cc(-c2ccccc2)nc1C(C)C)C[C@H](CC(=O)O)O[Si](c1ccccc1)(c1ccccc1)C(C)(C)C. The van der Waals surface area contributed by atoms with Gasteiger partial charge in [-0.15, -0.1) is 0 Å². The Morgan fingerprint density at radius 3 is 1.94 bits per heavy atom. The average Bonchev–Trinajstić information content (AvgIpc) is 3.13. The number of nitrogens with zero attached hydrogens (tertiary/aromatic N) is 1. The number of rotatable bonds is 14. The molecule has 5 rings (SSSR count). The van der Waals surface area contributed by atoms with E-state index in [9.17, 15) is 18.9 Å². The summed E-state index contributed by atoms with van der Waals surface area (Å²) in [6.45, 7) is 12.3. The van der Waals surface area contributed by atoms with Crippen LogP contribution in [0.5, 0.6) is 0 Å². The van der Waals surface area contributed by atoms with Gasteiger partial charge >= 0.3 is 5.97 Å². The molecular weight excluding hydrogens is 701 g/mol.